The number of aryl methyl sites for hydroxylation is 1. The van der Waals surface area contributed by atoms with E-state index in [4.69, 9.17) is 10.7 Å². The van der Waals surface area contributed by atoms with E-state index in [2.05, 4.69) is 15.2 Å². The number of hydrogen-bond donors (Lipinski definition) is 2. The smallest absolute Gasteiger partial charge is 0.273 e. The van der Waals surface area contributed by atoms with E-state index in [1.54, 1.807) is 6.20 Å². The van der Waals surface area contributed by atoms with Gasteiger partial charge >= 0.3 is 0 Å². The van der Waals surface area contributed by atoms with Gasteiger partial charge in [-0.2, -0.15) is 9.61 Å². The first-order valence-electron chi connectivity index (χ1n) is 8.94. The van der Waals surface area contributed by atoms with E-state index in [0.717, 1.165) is 23.0 Å². The van der Waals surface area contributed by atoms with Crippen LogP contribution >= 0.6 is 0 Å². The molecule has 0 fully saturated rings. The Labute approximate surface area is 159 Å². The average Bonchev–Trinajstić information content (AvgIpc) is 3.28. The molecular formula is C20H17N7O. The molecule has 0 saturated heterocycles. The summed E-state index contributed by atoms with van der Waals surface area (Å²) < 4.78 is 3.27. The quantitative estimate of drug-likeness (QED) is 0.507. The van der Waals surface area contributed by atoms with Gasteiger partial charge in [0.25, 0.3) is 5.56 Å². The zero-order valence-electron chi connectivity index (χ0n) is 15.1. The minimum Gasteiger partial charge on any atom is -0.383 e. The first-order valence-corrected chi connectivity index (χ1v) is 8.94. The van der Waals surface area contributed by atoms with Crippen LogP contribution in [0.4, 0.5) is 5.82 Å². The van der Waals surface area contributed by atoms with Crippen molar-refractivity contribution in [1.29, 1.82) is 0 Å². The fourth-order valence-corrected chi connectivity index (χ4v) is 3.46. The predicted molar refractivity (Wildman–Crippen MR) is 108 cm³/mol. The number of nitrogens with zero attached hydrogens (tertiary/aromatic N) is 5. The number of nitrogens with two attached hydrogens (primary N) is 1. The molecule has 0 amide bonds. The lowest BCUT2D eigenvalue weighted by Gasteiger charge is -2.04. The summed E-state index contributed by atoms with van der Waals surface area (Å²) in [5.41, 5.74) is 10.1. The molecular weight excluding hydrogens is 354 g/mol. The summed E-state index contributed by atoms with van der Waals surface area (Å²) >= 11 is 0. The second kappa shape index (κ2) is 6.05. The van der Waals surface area contributed by atoms with Crippen LogP contribution in [0.2, 0.25) is 0 Å². The van der Waals surface area contributed by atoms with Crippen molar-refractivity contribution >= 4 is 22.4 Å². The largest absolute Gasteiger partial charge is 0.383 e. The van der Waals surface area contributed by atoms with Gasteiger partial charge in [0.15, 0.2) is 5.65 Å². The molecule has 0 spiro atoms. The Hall–Kier alpha value is -3.94. The number of nitrogens with one attached hydrogen (secondary N) is 1. The van der Waals surface area contributed by atoms with Crippen molar-refractivity contribution in [3.63, 3.8) is 0 Å². The van der Waals surface area contributed by atoms with Gasteiger partial charge in [-0.25, -0.2) is 4.98 Å². The van der Waals surface area contributed by atoms with Gasteiger partial charge in [-0.3, -0.25) is 19.6 Å². The maximum atomic E-state index is 12.7. The van der Waals surface area contributed by atoms with Gasteiger partial charge in [-0.1, -0.05) is 12.1 Å². The Balaban J connectivity index is 1.74. The van der Waals surface area contributed by atoms with Gasteiger partial charge in [0.05, 0.1) is 28.7 Å². The van der Waals surface area contributed by atoms with Crippen LogP contribution in [0.25, 0.3) is 39.1 Å². The molecule has 4 aromatic heterocycles. The van der Waals surface area contributed by atoms with Crippen LogP contribution in [0.5, 0.6) is 0 Å². The lowest BCUT2D eigenvalue weighted by atomic mass is 10.1. The van der Waals surface area contributed by atoms with E-state index in [0.29, 0.717) is 28.4 Å². The number of aromatic nitrogens is 6. The zero-order chi connectivity index (χ0) is 19.3. The Morgan fingerprint density at radius 3 is 2.82 bits per heavy atom. The molecule has 0 atom stereocenters. The number of anilines is 1. The van der Waals surface area contributed by atoms with E-state index in [1.807, 2.05) is 54.2 Å². The van der Waals surface area contributed by atoms with E-state index < -0.39 is 0 Å². The van der Waals surface area contributed by atoms with Gasteiger partial charge in [-0.05, 0) is 31.2 Å². The first-order chi connectivity index (χ1) is 13.7. The molecule has 0 unspecified atom stereocenters. The normalized spacial score (nSPS) is 11.5. The van der Waals surface area contributed by atoms with Crippen LogP contribution in [0, 0.1) is 0 Å². The lowest BCUT2D eigenvalue weighted by Crippen LogP contribution is -2.14. The molecule has 8 heteroatoms. The van der Waals surface area contributed by atoms with Crippen molar-refractivity contribution < 1.29 is 0 Å². The molecule has 0 radical (unpaired) electrons. The van der Waals surface area contributed by atoms with Crippen molar-refractivity contribution in [2.75, 3.05) is 5.73 Å². The Bertz CT molecular complexity index is 1380. The average molecular weight is 371 g/mol. The minimum absolute atomic E-state index is 0.238. The summed E-state index contributed by atoms with van der Waals surface area (Å²) in [6.07, 6.45) is 3.50. The third-order valence-electron chi connectivity index (χ3n) is 4.80. The molecule has 0 bridgehead atoms. The van der Waals surface area contributed by atoms with E-state index >= 15 is 0 Å². The number of hydrogen-bond acceptors (Lipinski definition) is 5. The number of nitrogen functional groups attached to an aromatic ring is 1. The van der Waals surface area contributed by atoms with Crippen molar-refractivity contribution in [1.82, 2.24) is 29.4 Å². The van der Waals surface area contributed by atoms with Crippen molar-refractivity contribution in [3.8, 4) is 22.5 Å². The standard InChI is InChI=1S/C20H17N7O/c1-2-26-16-7-6-12(9-13(16)11-23-26)15-10-17(28)27-20(24-15)18(19(21)25-27)14-5-3-4-8-22-14/h3-11,25H,2,21H2,1H3. The summed E-state index contributed by atoms with van der Waals surface area (Å²) in [6.45, 7) is 2.84. The highest BCUT2D eigenvalue weighted by molar-refractivity contribution is 5.87. The molecule has 28 heavy (non-hydrogen) atoms. The number of benzene rings is 1. The summed E-state index contributed by atoms with van der Waals surface area (Å²) in [6, 6.07) is 13.0. The molecule has 5 rings (SSSR count). The number of aromatic amines is 1. The van der Waals surface area contributed by atoms with Gasteiger partial charge in [0, 0.05) is 29.8 Å². The van der Waals surface area contributed by atoms with Gasteiger partial charge in [-0.15, -0.1) is 0 Å². The molecule has 3 N–H and O–H groups in total. The van der Waals surface area contributed by atoms with Gasteiger partial charge < -0.3 is 5.73 Å². The van der Waals surface area contributed by atoms with Crippen LogP contribution < -0.4 is 11.3 Å². The number of pyridine rings is 1. The molecule has 1 aromatic carbocycles. The highest BCUT2D eigenvalue weighted by atomic mass is 16.1. The number of rotatable bonds is 3. The van der Waals surface area contributed by atoms with Gasteiger partial charge in [0.2, 0.25) is 0 Å². The maximum Gasteiger partial charge on any atom is 0.273 e. The summed E-state index contributed by atoms with van der Waals surface area (Å²) in [7, 11) is 0. The Kier molecular flexibility index (Phi) is 3.51. The van der Waals surface area contributed by atoms with Crippen LogP contribution in [0.1, 0.15) is 6.92 Å². The summed E-state index contributed by atoms with van der Waals surface area (Å²) in [5.74, 6) is 0.347. The van der Waals surface area contributed by atoms with Crippen LogP contribution in [0.3, 0.4) is 0 Å². The topological polar surface area (TPSA) is 107 Å². The molecule has 0 aliphatic carbocycles. The molecule has 138 valence electrons. The van der Waals surface area contributed by atoms with Crippen LogP contribution in [0.15, 0.2) is 59.7 Å². The molecule has 5 aromatic rings. The highest BCUT2D eigenvalue weighted by Crippen LogP contribution is 2.29. The summed E-state index contributed by atoms with van der Waals surface area (Å²) in [4.78, 5) is 21.8. The molecule has 0 aliphatic rings. The highest BCUT2D eigenvalue weighted by Gasteiger charge is 2.17. The predicted octanol–water partition coefficient (Wildman–Crippen LogP) is 2.70. The maximum absolute atomic E-state index is 12.7. The fourth-order valence-electron chi connectivity index (χ4n) is 3.46. The first kappa shape index (κ1) is 16.2. The molecule has 4 heterocycles. The molecule has 0 saturated carbocycles. The SMILES string of the molecule is CCn1ncc2cc(-c3cc(=O)n4[nH]c(N)c(-c5ccccn5)c4n3)ccc21. The Morgan fingerprint density at radius 2 is 2.04 bits per heavy atom. The van der Waals surface area contributed by atoms with Gasteiger partial charge in [0.1, 0.15) is 5.82 Å². The molecule has 0 aliphatic heterocycles. The monoisotopic (exact) mass is 371 g/mol. The Morgan fingerprint density at radius 1 is 1.14 bits per heavy atom. The second-order valence-corrected chi connectivity index (χ2v) is 6.49. The molecule has 8 nitrogen and oxygen atoms in total. The zero-order valence-corrected chi connectivity index (χ0v) is 15.1. The second-order valence-electron chi connectivity index (χ2n) is 6.49. The van der Waals surface area contributed by atoms with E-state index in [-0.39, 0.29) is 5.56 Å². The van der Waals surface area contributed by atoms with E-state index in [9.17, 15) is 4.79 Å². The third-order valence-corrected chi connectivity index (χ3v) is 4.80. The van der Waals surface area contributed by atoms with Crippen LogP contribution in [-0.4, -0.2) is 29.4 Å². The fraction of sp³-hybridized carbons (Fsp3) is 0.100. The third kappa shape index (κ3) is 2.38. The minimum atomic E-state index is -0.238. The van der Waals surface area contributed by atoms with Crippen molar-refractivity contribution in [3.05, 3.63) is 65.2 Å². The number of H-pyrrole nitrogens is 1. The lowest BCUT2D eigenvalue weighted by molar-refractivity contribution is 0.684. The van der Waals surface area contributed by atoms with Crippen molar-refractivity contribution in [2.45, 2.75) is 13.5 Å². The van der Waals surface area contributed by atoms with Crippen molar-refractivity contribution in [2.24, 2.45) is 0 Å². The van der Waals surface area contributed by atoms with Crippen LogP contribution in [-0.2, 0) is 6.54 Å². The van der Waals surface area contributed by atoms with E-state index in [1.165, 1.54) is 10.6 Å². The number of fused-ring (bicyclic) bond motifs is 2. The summed E-state index contributed by atoms with van der Waals surface area (Å²) in [5, 5.41) is 8.25.